The predicted octanol–water partition coefficient (Wildman–Crippen LogP) is 4.48. The quantitative estimate of drug-likeness (QED) is 0.0388. The molecule has 46 heavy (non-hydrogen) atoms. The van der Waals surface area contributed by atoms with Gasteiger partial charge in [-0.3, -0.25) is 9.35 Å². The Hall–Kier alpha value is -1.16. The number of rotatable bonds is 28. The number of amides is 1. The number of ether oxygens (including phenoxy) is 2. The first-order valence-electron chi connectivity index (χ1n) is 17.6. The van der Waals surface area contributed by atoms with Crippen LogP contribution in [0.2, 0.25) is 0 Å². The largest absolute Gasteiger partial charge is 0.397 e. The van der Waals surface area contributed by atoms with Gasteiger partial charge >= 0.3 is 10.4 Å². The van der Waals surface area contributed by atoms with Gasteiger partial charge < -0.3 is 35.2 Å². The fourth-order valence-electron chi connectivity index (χ4n) is 5.51. The number of unbranched alkanes of at least 4 members (excludes halogenated alkanes) is 16. The first-order chi connectivity index (χ1) is 22.0. The van der Waals surface area contributed by atoms with Crippen molar-refractivity contribution in [3.63, 3.8) is 0 Å². The lowest BCUT2D eigenvalue weighted by Gasteiger charge is -2.41. The normalized spacial score (nSPS) is 23.5. The second-order valence-corrected chi connectivity index (χ2v) is 13.5. The van der Waals surface area contributed by atoms with E-state index in [2.05, 4.69) is 23.3 Å². The molecular weight excluding hydrogens is 618 g/mol. The van der Waals surface area contributed by atoms with E-state index in [1.807, 2.05) is 6.08 Å². The van der Waals surface area contributed by atoms with Crippen LogP contribution < -0.4 is 5.32 Å². The van der Waals surface area contributed by atoms with Crippen molar-refractivity contribution in [2.24, 2.45) is 0 Å². The van der Waals surface area contributed by atoms with Gasteiger partial charge in [0.25, 0.3) is 0 Å². The molecule has 0 aromatic heterocycles. The van der Waals surface area contributed by atoms with E-state index in [-0.39, 0.29) is 18.9 Å². The number of aliphatic hydroxyl groups excluding tert-OH is 4. The summed E-state index contributed by atoms with van der Waals surface area (Å²) in [6.07, 6.45) is 14.3. The van der Waals surface area contributed by atoms with Crippen LogP contribution in [-0.4, -0.2) is 95.4 Å². The molecule has 12 nitrogen and oxygen atoms in total. The molecule has 0 saturated carbocycles. The third kappa shape index (κ3) is 19.6. The lowest BCUT2D eigenvalue weighted by atomic mass is 9.99. The third-order valence-electron chi connectivity index (χ3n) is 8.32. The van der Waals surface area contributed by atoms with E-state index in [9.17, 15) is 33.6 Å². The van der Waals surface area contributed by atoms with E-state index < -0.39 is 59.9 Å². The van der Waals surface area contributed by atoms with E-state index >= 15 is 0 Å². The Morgan fingerprint density at radius 1 is 0.848 bits per heavy atom. The highest BCUT2D eigenvalue weighted by atomic mass is 32.3. The summed E-state index contributed by atoms with van der Waals surface area (Å²) in [5.41, 5.74) is 0. The highest BCUT2D eigenvalue weighted by molar-refractivity contribution is 7.80. The highest BCUT2D eigenvalue weighted by Gasteiger charge is 2.48. The molecule has 0 spiro atoms. The molecule has 1 aliphatic rings. The van der Waals surface area contributed by atoms with Gasteiger partial charge in [-0.2, -0.15) is 8.42 Å². The first-order valence-corrected chi connectivity index (χ1v) is 18.9. The van der Waals surface area contributed by atoms with Crippen LogP contribution in [-0.2, 0) is 28.9 Å². The number of aliphatic hydroxyl groups is 4. The Balaban J connectivity index is 2.72. The van der Waals surface area contributed by atoms with Crippen molar-refractivity contribution in [3.8, 4) is 0 Å². The zero-order chi connectivity index (χ0) is 34.2. The summed E-state index contributed by atoms with van der Waals surface area (Å²) in [5, 5.41) is 44.2. The zero-order valence-corrected chi connectivity index (χ0v) is 29.0. The van der Waals surface area contributed by atoms with Crippen LogP contribution in [0, 0.1) is 0 Å². The number of hydrogen-bond donors (Lipinski definition) is 6. The molecule has 1 amide bonds. The Bertz CT molecular complexity index is 904. The SMILES string of the molecule is CCCCCCCCCC/C=C/C(O)C(COC1OC(CO)C(O)C(OS(=O)(=O)O)C1O)NC(=O)CCCCCCCCCCC. The molecule has 272 valence electrons. The minimum atomic E-state index is -5.07. The molecule has 0 aliphatic carbocycles. The molecule has 1 saturated heterocycles. The van der Waals surface area contributed by atoms with Crippen molar-refractivity contribution in [1.29, 1.82) is 0 Å². The number of carbonyl (C=O) groups is 1. The molecule has 0 aromatic carbocycles. The minimum Gasteiger partial charge on any atom is -0.394 e. The number of hydrogen-bond acceptors (Lipinski definition) is 10. The number of carbonyl (C=O) groups excluding carboxylic acids is 1. The maximum Gasteiger partial charge on any atom is 0.397 e. The van der Waals surface area contributed by atoms with Crippen molar-refractivity contribution in [2.75, 3.05) is 13.2 Å². The van der Waals surface area contributed by atoms with Gasteiger partial charge in [-0.05, 0) is 19.3 Å². The summed E-state index contributed by atoms with van der Waals surface area (Å²) in [4.78, 5) is 12.8. The van der Waals surface area contributed by atoms with Crippen LogP contribution in [0.1, 0.15) is 136 Å². The van der Waals surface area contributed by atoms with Crippen LogP contribution >= 0.6 is 0 Å². The van der Waals surface area contributed by atoms with E-state index in [1.54, 1.807) is 6.08 Å². The minimum absolute atomic E-state index is 0.270. The summed E-state index contributed by atoms with van der Waals surface area (Å²) in [6.45, 7) is 3.28. The monoisotopic (exact) mass is 681 g/mol. The van der Waals surface area contributed by atoms with Crippen molar-refractivity contribution in [2.45, 2.75) is 179 Å². The maximum atomic E-state index is 12.8. The topological polar surface area (TPSA) is 192 Å². The molecule has 1 aliphatic heterocycles. The van der Waals surface area contributed by atoms with Crippen molar-refractivity contribution >= 4 is 16.3 Å². The van der Waals surface area contributed by atoms with Crippen molar-refractivity contribution in [1.82, 2.24) is 5.32 Å². The second-order valence-electron chi connectivity index (χ2n) is 12.5. The molecule has 1 heterocycles. The maximum absolute atomic E-state index is 12.8. The Labute approximate surface area is 277 Å². The molecule has 7 atom stereocenters. The van der Waals surface area contributed by atoms with Crippen LogP contribution in [0.15, 0.2) is 12.2 Å². The molecule has 7 unspecified atom stereocenters. The van der Waals surface area contributed by atoms with Gasteiger partial charge in [0.1, 0.15) is 24.4 Å². The van der Waals surface area contributed by atoms with Crippen LogP contribution in [0.3, 0.4) is 0 Å². The van der Waals surface area contributed by atoms with Crippen LogP contribution in [0.4, 0.5) is 0 Å². The fourth-order valence-corrected chi connectivity index (χ4v) is 6.02. The standard InChI is InChI=1S/C33H63NO11S/c1-3-5-7-9-11-13-15-16-18-20-22-27(36)26(34-29(37)23-21-19-17-14-12-10-8-6-4-2)25-43-33-31(39)32(45-46(40,41)42)30(38)28(24-35)44-33/h20,22,26-28,30-33,35-36,38-39H,3-19,21,23-25H2,1-2H3,(H,34,37)(H,40,41,42)/b22-20+. The average molecular weight is 682 g/mol. The Morgan fingerprint density at radius 2 is 1.37 bits per heavy atom. The van der Waals surface area contributed by atoms with Crippen molar-refractivity contribution in [3.05, 3.63) is 12.2 Å². The average Bonchev–Trinajstić information content (AvgIpc) is 3.01. The first kappa shape index (κ1) is 42.9. The number of allylic oxidation sites excluding steroid dienone is 1. The highest BCUT2D eigenvalue weighted by Crippen LogP contribution is 2.26. The molecule has 1 fully saturated rings. The lowest BCUT2D eigenvalue weighted by Crippen LogP contribution is -2.61. The van der Waals surface area contributed by atoms with E-state index in [0.717, 1.165) is 38.5 Å². The fraction of sp³-hybridized carbons (Fsp3) is 0.909. The van der Waals surface area contributed by atoms with Gasteiger partial charge in [-0.15, -0.1) is 0 Å². The second kappa shape index (κ2) is 25.8. The van der Waals surface area contributed by atoms with Gasteiger partial charge in [0.05, 0.1) is 25.4 Å². The zero-order valence-electron chi connectivity index (χ0n) is 28.1. The van der Waals surface area contributed by atoms with E-state index in [4.69, 9.17) is 14.0 Å². The van der Waals surface area contributed by atoms with Gasteiger partial charge in [0.15, 0.2) is 6.29 Å². The molecule has 0 bridgehead atoms. The summed E-state index contributed by atoms with van der Waals surface area (Å²) >= 11 is 0. The van der Waals surface area contributed by atoms with Crippen LogP contribution in [0.5, 0.6) is 0 Å². The smallest absolute Gasteiger partial charge is 0.394 e. The van der Waals surface area contributed by atoms with Gasteiger partial charge in [-0.1, -0.05) is 122 Å². The number of nitrogens with one attached hydrogen (secondary N) is 1. The van der Waals surface area contributed by atoms with E-state index in [0.29, 0.717) is 6.42 Å². The molecular formula is C33H63NO11S. The molecule has 0 aromatic rings. The molecule has 13 heteroatoms. The summed E-state index contributed by atoms with van der Waals surface area (Å²) in [7, 11) is -5.07. The molecule has 1 rings (SSSR count). The molecule has 0 radical (unpaired) electrons. The lowest BCUT2D eigenvalue weighted by molar-refractivity contribution is -0.298. The van der Waals surface area contributed by atoms with E-state index in [1.165, 1.54) is 70.6 Å². The Kier molecular flexibility index (Phi) is 24.0. The summed E-state index contributed by atoms with van der Waals surface area (Å²) < 4.78 is 47.1. The van der Waals surface area contributed by atoms with Crippen LogP contribution in [0.25, 0.3) is 0 Å². The molecule has 6 N–H and O–H groups in total. The summed E-state index contributed by atoms with van der Waals surface area (Å²) in [5.74, 6) is -0.270. The third-order valence-corrected chi connectivity index (χ3v) is 8.78. The Morgan fingerprint density at radius 3 is 1.89 bits per heavy atom. The summed E-state index contributed by atoms with van der Waals surface area (Å²) in [6, 6.07) is -0.933. The van der Waals surface area contributed by atoms with Gasteiger partial charge in [0, 0.05) is 6.42 Å². The van der Waals surface area contributed by atoms with Crippen molar-refractivity contribution < 1.29 is 51.8 Å². The van der Waals surface area contributed by atoms with Gasteiger partial charge in [-0.25, -0.2) is 4.18 Å². The predicted molar refractivity (Wildman–Crippen MR) is 176 cm³/mol. The van der Waals surface area contributed by atoms with Gasteiger partial charge in [0.2, 0.25) is 5.91 Å².